The lowest BCUT2D eigenvalue weighted by Crippen LogP contribution is -2.42. The van der Waals surface area contributed by atoms with Gasteiger partial charge in [-0.2, -0.15) is 0 Å². The predicted molar refractivity (Wildman–Crippen MR) is 69.1 cm³/mol. The topological polar surface area (TPSA) is 86.6 Å². The van der Waals surface area contributed by atoms with Gasteiger partial charge < -0.3 is 15.5 Å². The van der Waals surface area contributed by atoms with Gasteiger partial charge in [-0.05, 0) is 17.7 Å². The highest BCUT2D eigenvalue weighted by atomic mass is 79.9. The monoisotopic (exact) mass is 315 g/mol. The number of benzene rings is 1. The molecule has 0 spiro atoms. The van der Waals surface area contributed by atoms with Crippen LogP contribution >= 0.6 is 15.9 Å². The molecule has 0 saturated carbocycles. The lowest BCUT2D eigenvalue weighted by atomic mass is 10.1. The summed E-state index contributed by atoms with van der Waals surface area (Å²) in [6.07, 6.45) is 0.105. The minimum absolute atomic E-state index is 0.000439. The summed E-state index contributed by atoms with van der Waals surface area (Å²) in [5.74, 6) is -1.53. The Hall–Kier alpha value is -1.40. The van der Waals surface area contributed by atoms with E-state index >= 15 is 0 Å². The van der Waals surface area contributed by atoms with Gasteiger partial charge in [0, 0.05) is 17.5 Å². The maximum Gasteiger partial charge on any atom is 0.326 e. The molecule has 98 valence electrons. The molecule has 18 heavy (non-hydrogen) atoms. The molecule has 0 aromatic heterocycles. The van der Waals surface area contributed by atoms with Crippen molar-refractivity contribution < 1.29 is 19.8 Å². The number of halogens is 1. The van der Waals surface area contributed by atoms with E-state index in [1.165, 1.54) is 0 Å². The highest BCUT2D eigenvalue weighted by Crippen LogP contribution is 2.12. The number of carbonyl (C=O) groups excluding carboxylic acids is 1. The van der Waals surface area contributed by atoms with Crippen LogP contribution in [0, 0.1) is 0 Å². The number of carboxylic acid groups (broad SMARTS) is 1. The van der Waals surface area contributed by atoms with Gasteiger partial charge >= 0.3 is 5.97 Å². The molecule has 0 aliphatic heterocycles. The number of hydrogen-bond donors (Lipinski definition) is 3. The van der Waals surface area contributed by atoms with Crippen molar-refractivity contribution in [1.82, 2.24) is 5.32 Å². The van der Waals surface area contributed by atoms with Crippen LogP contribution in [0.15, 0.2) is 28.7 Å². The van der Waals surface area contributed by atoms with Gasteiger partial charge in [0.05, 0.1) is 6.42 Å². The molecule has 0 unspecified atom stereocenters. The third-order valence-corrected chi connectivity index (χ3v) is 2.80. The molecule has 0 radical (unpaired) electrons. The Bertz CT molecular complexity index is 436. The maximum atomic E-state index is 11.6. The van der Waals surface area contributed by atoms with Crippen molar-refractivity contribution in [3.8, 4) is 0 Å². The van der Waals surface area contributed by atoms with Crippen LogP contribution in [0.25, 0.3) is 0 Å². The second-order valence-corrected chi connectivity index (χ2v) is 4.69. The molecule has 0 saturated heterocycles. The first kappa shape index (κ1) is 14.7. The lowest BCUT2D eigenvalue weighted by molar-refractivity contribution is -0.142. The molecule has 1 aromatic carbocycles. The van der Waals surface area contributed by atoms with Crippen molar-refractivity contribution in [2.45, 2.75) is 18.9 Å². The van der Waals surface area contributed by atoms with E-state index in [2.05, 4.69) is 21.2 Å². The molecule has 0 aliphatic rings. The molecule has 6 heteroatoms. The molecule has 5 nitrogen and oxygen atoms in total. The zero-order valence-electron chi connectivity index (χ0n) is 9.60. The van der Waals surface area contributed by atoms with Crippen molar-refractivity contribution in [3.63, 3.8) is 0 Å². The zero-order valence-corrected chi connectivity index (χ0v) is 11.2. The number of carbonyl (C=O) groups is 2. The van der Waals surface area contributed by atoms with Crippen molar-refractivity contribution in [2.75, 3.05) is 6.61 Å². The minimum Gasteiger partial charge on any atom is -0.480 e. The third-order valence-electron chi connectivity index (χ3n) is 2.30. The van der Waals surface area contributed by atoms with Crippen LogP contribution in [-0.2, 0) is 16.0 Å². The summed E-state index contributed by atoms with van der Waals surface area (Å²) in [6.45, 7) is -0.284. The summed E-state index contributed by atoms with van der Waals surface area (Å²) in [6, 6.07) is 6.17. The molecule has 3 N–H and O–H groups in total. The van der Waals surface area contributed by atoms with E-state index in [9.17, 15) is 9.59 Å². The molecule has 0 aliphatic carbocycles. The van der Waals surface area contributed by atoms with Crippen molar-refractivity contribution in [2.24, 2.45) is 0 Å². The van der Waals surface area contributed by atoms with Gasteiger partial charge in [0.2, 0.25) is 5.91 Å². The fraction of sp³-hybridized carbons (Fsp3) is 0.333. The van der Waals surface area contributed by atoms with Crippen LogP contribution < -0.4 is 5.32 Å². The first-order valence-electron chi connectivity index (χ1n) is 5.40. The van der Waals surface area contributed by atoms with Crippen molar-refractivity contribution in [1.29, 1.82) is 0 Å². The van der Waals surface area contributed by atoms with Crippen LogP contribution in [0.1, 0.15) is 12.0 Å². The summed E-state index contributed by atoms with van der Waals surface area (Å²) in [4.78, 5) is 22.4. The highest BCUT2D eigenvalue weighted by molar-refractivity contribution is 9.10. The Balaban J connectivity index is 2.57. The average Bonchev–Trinajstić information content (AvgIpc) is 2.28. The van der Waals surface area contributed by atoms with E-state index in [4.69, 9.17) is 10.2 Å². The molecular weight excluding hydrogens is 302 g/mol. The minimum atomic E-state index is -1.15. The summed E-state index contributed by atoms with van der Waals surface area (Å²) < 4.78 is 0.859. The zero-order chi connectivity index (χ0) is 13.5. The standard InChI is InChI=1S/C12H14BrNO4/c13-9-3-1-2-8(6-9)7-11(16)14-10(4-5-15)12(17)18/h1-3,6,10,15H,4-5,7H2,(H,14,16)(H,17,18)/t10-/m1/s1. The Morgan fingerprint density at radius 3 is 2.67 bits per heavy atom. The van der Waals surface area contributed by atoms with E-state index in [-0.39, 0.29) is 25.4 Å². The molecule has 0 bridgehead atoms. The Labute approximate surface area is 113 Å². The average molecular weight is 316 g/mol. The van der Waals surface area contributed by atoms with Crippen LogP contribution in [0.3, 0.4) is 0 Å². The summed E-state index contributed by atoms with van der Waals surface area (Å²) in [5, 5.41) is 19.9. The van der Waals surface area contributed by atoms with Crippen molar-refractivity contribution >= 4 is 27.8 Å². The largest absolute Gasteiger partial charge is 0.480 e. The van der Waals surface area contributed by atoms with Gasteiger partial charge in [-0.25, -0.2) is 4.79 Å². The Kier molecular flexibility index (Phi) is 5.80. The predicted octanol–water partition coefficient (Wildman–Crippen LogP) is 0.943. The lowest BCUT2D eigenvalue weighted by Gasteiger charge is -2.13. The number of carboxylic acids is 1. The number of aliphatic carboxylic acids is 1. The summed E-state index contributed by atoms with van der Waals surface area (Å²) in [7, 11) is 0. The van der Waals surface area contributed by atoms with Gasteiger partial charge in [0.1, 0.15) is 6.04 Å². The number of nitrogens with one attached hydrogen (secondary N) is 1. The number of amides is 1. The second kappa shape index (κ2) is 7.13. The fourth-order valence-corrected chi connectivity index (χ4v) is 1.91. The van der Waals surface area contributed by atoms with Gasteiger partial charge in [-0.3, -0.25) is 4.79 Å². The number of aliphatic hydroxyl groups is 1. The van der Waals surface area contributed by atoms with E-state index in [1.54, 1.807) is 18.2 Å². The summed E-state index contributed by atoms with van der Waals surface area (Å²) >= 11 is 3.29. The van der Waals surface area contributed by atoms with E-state index in [0.29, 0.717) is 0 Å². The highest BCUT2D eigenvalue weighted by Gasteiger charge is 2.19. The van der Waals surface area contributed by atoms with Crippen LogP contribution in [-0.4, -0.2) is 34.7 Å². The molecule has 1 atom stereocenters. The SMILES string of the molecule is O=C(Cc1cccc(Br)c1)N[C@H](CCO)C(=O)O. The van der Waals surface area contributed by atoms with Crippen LogP contribution in [0.2, 0.25) is 0 Å². The van der Waals surface area contributed by atoms with Gasteiger partial charge in [0.15, 0.2) is 0 Å². The van der Waals surface area contributed by atoms with E-state index in [0.717, 1.165) is 10.0 Å². The summed E-state index contributed by atoms with van der Waals surface area (Å²) in [5.41, 5.74) is 0.787. The number of hydrogen-bond acceptors (Lipinski definition) is 3. The van der Waals surface area contributed by atoms with Gasteiger partial charge in [-0.15, -0.1) is 0 Å². The molecule has 0 heterocycles. The number of aliphatic hydroxyl groups excluding tert-OH is 1. The van der Waals surface area contributed by atoms with Crippen LogP contribution in [0.4, 0.5) is 0 Å². The van der Waals surface area contributed by atoms with E-state index < -0.39 is 12.0 Å². The third kappa shape index (κ3) is 4.85. The first-order chi connectivity index (χ1) is 8.52. The smallest absolute Gasteiger partial charge is 0.326 e. The van der Waals surface area contributed by atoms with Crippen LogP contribution in [0.5, 0.6) is 0 Å². The fourth-order valence-electron chi connectivity index (χ4n) is 1.46. The quantitative estimate of drug-likeness (QED) is 0.729. The molecule has 1 rings (SSSR count). The maximum absolute atomic E-state index is 11.6. The molecular formula is C12H14BrNO4. The van der Waals surface area contributed by atoms with Crippen molar-refractivity contribution in [3.05, 3.63) is 34.3 Å². The molecule has 1 amide bonds. The first-order valence-corrected chi connectivity index (χ1v) is 6.19. The van der Waals surface area contributed by atoms with Gasteiger partial charge in [-0.1, -0.05) is 28.1 Å². The second-order valence-electron chi connectivity index (χ2n) is 3.78. The normalized spacial score (nSPS) is 11.9. The Morgan fingerprint density at radius 1 is 1.39 bits per heavy atom. The number of rotatable bonds is 6. The van der Waals surface area contributed by atoms with Gasteiger partial charge in [0.25, 0.3) is 0 Å². The Morgan fingerprint density at radius 2 is 2.11 bits per heavy atom. The van der Waals surface area contributed by atoms with E-state index in [1.807, 2.05) is 6.07 Å². The molecule has 0 fully saturated rings. The molecule has 1 aromatic rings.